The number of hydrogen-bond donors (Lipinski definition) is 0. The molecule has 5 rings (SSSR count). The van der Waals surface area contributed by atoms with E-state index in [2.05, 4.69) is 237 Å². The van der Waals surface area contributed by atoms with Gasteiger partial charge >= 0.3 is 0 Å². The van der Waals surface area contributed by atoms with Crippen LogP contribution < -0.4 is 0 Å². The lowest BCUT2D eigenvalue weighted by molar-refractivity contribution is -0.145. The normalized spacial score (nSPS) is 18.1. The van der Waals surface area contributed by atoms with Crippen LogP contribution in [0.1, 0.15) is 333 Å². The fraction of sp³-hybridized carbons (Fsp3) is 0.767. The molecular formula is C86H158N2O7. The van der Waals surface area contributed by atoms with E-state index in [-0.39, 0.29) is 63.2 Å². The number of aldehydes is 1. The number of benzene rings is 1. The SMILES string of the molecule is C#CCC(C)(C)C.C=CCC(C)(C)C.CC(C)(C)CC=O.CC(C)(C)CN1C(=O)C2C3C=CC(C)(O3)C2C1=O.CC(C)(C)CN1C(=O)C=CC1=O.CC(C)(C)Cc1ccccc1.CCC(=O)CC(C)(C)C.CCC(C)(C)C.CCC(C)(C)C.CCC(C)(C)C.CCC(C)(C)C. The minimum absolute atomic E-state index is 0.0304. The molecule has 2 bridgehead atoms. The Morgan fingerprint density at radius 2 is 0.874 bits per heavy atom. The lowest BCUT2D eigenvalue weighted by Gasteiger charge is -2.28. The molecule has 554 valence electrons. The van der Waals surface area contributed by atoms with E-state index in [1.807, 2.05) is 94.4 Å². The van der Waals surface area contributed by atoms with Crippen molar-refractivity contribution in [3.8, 4) is 12.3 Å². The van der Waals surface area contributed by atoms with E-state index >= 15 is 0 Å². The van der Waals surface area contributed by atoms with Crippen LogP contribution in [0.25, 0.3) is 0 Å². The van der Waals surface area contributed by atoms with E-state index in [0.717, 1.165) is 25.5 Å². The zero-order valence-electron chi connectivity index (χ0n) is 70.1. The molecule has 0 N–H and O–H groups in total. The first kappa shape index (κ1) is 102. The molecule has 9 nitrogen and oxygen atoms in total. The molecule has 95 heavy (non-hydrogen) atoms. The van der Waals surface area contributed by atoms with Gasteiger partial charge in [-0.3, -0.25) is 33.8 Å². The highest BCUT2D eigenvalue weighted by atomic mass is 16.5. The van der Waals surface area contributed by atoms with Gasteiger partial charge in [-0.15, -0.1) is 18.9 Å². The van der Waals surface area contributed by atoms with Crippen molar-refractivity contribution in [2.24, 2.45) is 71.4 Å². The van der Waals surface area contributed by atoms with Crippen molar-refractivity contribution in [3.63, 3.8) is 0 Å². The number of hydrogen-bond acceptors (Lipinski definition) is 7. The summed E-state index contributed by atoms with van der Waals surface area (Å²) in [5, 5.41) is 0. The Morgan fingerprint density at radius 1 is 0.516 bits per heavy atom. The summed E-state index contributed by atoms with van der Waals surface area (Å²) in [4.78, 5) is 70.4. The molecule has 4 amide bonds. The molecule has 4 aliphatic rings. The fourth-order valence-corrected chi connectivity index (χ4v) is 7.32. The molecule has 9 heteroatoms. The number of rotatable bonds is 7. The van der Waals surface area contributed by atoms with Crippen molar-refractivity contribution in [2.75, 3.05) is 13.1 Å². The number of Topliss-reactive ketones (excluding diaryl/α,β-unsaturated/α-hetero) is 1. The Balaban J connectivity index is -0.000000235. The molecule has 0 radical (unpaired) electrons. The Labute approximate surface area is 591 Å². The van der Waals surface area contributed by atoms with Crippen LogP contribution in [-0.4, -0.2) is 70.3 Å². The second-order valence-corrected chi connectivity index (χ2v) is 39.5. The summed E-state index contributed by atoms with van der Waals surface area (Å²) < 4.78 is 5.77. The van der Waals surface area contributed by atoms with Gasteiger partial charge in [0.2, 0.25) is 11.8 Å². The zero-order chi connectivity index (χ0) is 77.0. The van der Waals surface area contributed by atoms with E-state index in [0.29, 0.717) is 76.0 Å². The molecule has 4 atom stereocenters. The van der Waals surface area contributed by atoms with Crippen molar-refractivity contribution in [2.45, 2.75) is 346 Å². The highest BCUT2D eigenvalue weighted by molar-refractivity contribution is 6.13. The Kier molecular flexibility index (Phi) is 47.7. The molecule has 0 aromatic heterocycles. The third-order valence-corrected chi connectivity index (χ3v) is 14.6. The van der Waals surface area contributed by atoms with E-state index in [9.17, 15) is 28.8 Å². The molecule has 0 aliphatic carbocycles. The number of likely N-dealkylation sites (tertiary alicyclic amines) is 1. The molecule has 1 aromatic carbocycles. The Hall–Kier alpha value is -4.42. The van der Waals surface area contributed by atoms with Crippen molar-refractivity contribution >= 4 is 35.7 Å². The van der Waals surface area contributed by atoms with Crippen LogP contribution in [0.3, 0.4) is 0 Å². The molecule has 0 saturated carbocycles. The maximum Gasteiger partial charge on any atom is 0.253 e. The van der Waals surface area contributed by atoms with Crippen LogP contribution in [0, 0.1) is 83.7 Å². The van der Waals surface area contributed by atoms with Crippen LogP contribution in [0.4, 0.5) is 0 Å². The summed E-state index contributed by atoms with van der Waals surface area (Å²) in [5.41, 5.74) is 4.43. The summed E-state index contributed by atoms with van der Waals surface area (Å²) in [5.74, 6) is 1.84. The van der Waals surface area contributed by atoms with E-state index in [4.69, 9.17) is 11.2 Å². The summed E-state index contributed by atoms with van der Waals surface area (Å²) >= 11 is 0. The molecule has 4 unspecified atom stereocenters. The summed E-state index contributed by atoms with van der Waals surface area (Å²) in [6.45, 7) is 88.4. The third-order valence-electron chi connectivity index (χ3n) is 14.6. The van der Waals surface area contributed by atoms with Crippen LogP contribution in [0.15, 0.2) is 67.3 Å². The average Bonchev–Trinajstić information content (AvgIpc) is 1.55. The summed E-state index contributed by atoms with van der Waals surface area (Å²) in [6, 6.07) is 10.6. The number of carbonyl (C=O) groups excluding carboxylic acids is 6. The molecule has 1 aromatic rings. The minimum atomic E-state index is -0.575. The molecule has 2 saturated heterocycles. The topological polar surface area (TPSA) is 118 Å². The van der Waals surface area contributed by atoms with Crippen molar-refractivity contribution in [1.29, 1.82) is 0 Å². The Morgan fingerprint density at radius 3 is 1.08 bits per heavy atom. The molecule has 4 aliphatic heterocycles. The number of nitrogens with zero attached hydrogens (tertiary/aromatic N) is 2. The molecule has 2 fully saturated rings. The fourth-order valence-electron chi connectivity index (χ4n) is 7.32. The maximum atomic E-state index is 12.5. The third kappa shape index (κ3) is 64.0. The highest BCUT2D eigenvalue weighted by Crippen LogP contribution is 2.52. The van der Waals surface area contributed by atoms with Crippen LogP contribution in [0.2, 0.25) is 0 Å². The van der Waals surface area contributed by atoms with Gasteiger partial charge in [0, 0.05) is 50.9 Å². The largest absolute Gasteiger partial charge is 0.362 e. The number of amides is 4. The van der Waals surface area contributed by atoms with Gasteiger partial charge in [0.15, 0.2) is 0 Å². The second-order valence-electron chi connectivity index (χ2n) is 39.5. The van der Waals surface area contributed by atoms with Gasteiger partial charge < -0.3 is 9.53 Å². The first-order chi connectivity index (χ1) is 42.1. The van der Waals surface area contributed by atoms with Gasteiger partial charge in [-0.1, -0.05) is 337 Å². The number of imide groups is 2. The smallest absolute Gasteiger partial charge is 0.253 e. The van der Waals surface area contributed by atoms with Gasteiger partial charge in [-0.05, 0) is 84.9 Å². The number of terminal acetylenes is 1. The van der Waals surface area contributed by atoms with E-state index in [1.165, 1.54) is 53.2 Å². The summed E-state index contributed by atoms with van der Waals surface area (Å²) in [7, 11) is 0. The van der Waals surface area contributed by atoms with Crippen molar-refractivity contribution in [1.82, 2.24) is 9.80 Å². The van der Waals surface area contributed by atoms with Crippen LogP contribution in [-0.2, 0) is 39.9 Å². The number of carbonyl (C=O) groups is 6. The molecule has 4 heterocycles. The van der Waals surface area contributed by atoms with Gasteiger partial charge in [-0.2, -0.15) is 0 Å². The van der Waals surface area contributed by atoms with Crippen molar-refractivity contribution < 1.29 is 33.5 Å². The van der Waals surface area contributed by atoms with Gasteiger partial charge in [0.1, 0.15) is 12.1 Å². The quantitative estimate of drug-likeness (QED) is 0.115. The van der Waals surface area contributed by atoms with Gasteiger partial charge in [0.25, 0.3) is 11.8 Å². The van der Waals surface area contributed by atoms with Gasteiger partial charge in [-0.25, -0.2) is 0 Å². The Bertz CT molecular complexity index is 2310. The van der Waals surface area contributed by atoms with Crippen molar-refractivity contribution in [3.05, 3.63) is 72.9 Å². The summed E-state index contributed by atoms with van der Waals surface area (Å²) in [6.07, 6.45) is 24.5. The number of ketones is 1. The van der Waals surface area contributed by atoms with Gasteiger partial charge in [0.05, 0.1) is 23.5 Å². The first-order valence-corrected chi connectivity index (χ1v) is 35.9. The minimum Gasteiger partial charge on any atom is -0.362 e. The predicted molar refractivity (Wildman–Crippen MR) is 416 cm³/mol. The van der Waals surface area contributed by atoms with Crippen LogP contribution >= 0.6 is 0 Å². The maximum absolute atomic E-state index is 12.5. The lowest BCUT2D eigenvalue weighted by Crippen LogP contribution is -2.42. The standard InChI is InChI=1S/C14H19NO3.C11H16.C9H13NO2.C8H16O.C7H14.C7H12.C6H12O.4C6H14/c1-13(2,3)7-15-11(16)9-8-5-6-14(4,18-8)10(9)12(15)17;1-11(2,3)9-10-7-5-4-6-8-10;1-9(2,3)6-10-7(11)4-5-8(10)12;1-5-7(9)6-8(2,3)4;2*1-5-6-7(2,3)4;1-6(2,3)4-5-7;4*1-5-6(2,3)4/h5-6,8-10H,7H2,1-4H3;4-8H,9H2,1-3H3;4-5H,6H2,1-3H3;5-6H2,1-4H3;5H,1,6H2,2-4H3;1H,6H2,2-4H3;5H,4H2,1-3H3;4*5H2,1-4H3. The predicted octanol–water partition coefficient (Wildman–Crippen LogP) is 24.1. The zero-order valence-corrected chi connectivity index (χ0v) is 70.1. The number of fused-ring (bicyclic) bond motifs is 5. The number of ether oxygens (including phenoxy) is 1. The molecular weight excluding hydrogens is 1170 g/mol. The first-order valence-electron chi connectivity index (χ1n) is 35.9. The monoisotopic (exact) mass is 1330 g/mol. The van der Waals surface area contributed by atoms with E-state index in [1.54, 1.807) is 0 Å². The van der Waals surface area contributed by atoms with E-state index < -0.39 is 5.60 Å². The lowest BCUT2D eigenvalue weighted by atomic mass is 9.78. The molecule has 0 spiro atoms. The average molecular weight is 1330 g/mol. The number of allylic oxidation sites excluding steroid dienone is 1. The second kappa shape index (κ2) is 44.6. The highest BCUT2D eigenvalue weighted by Gasteiger charge is 2.65. The van der Waals surface area contributed by atoms with Crippen LogP contribution in [0.5, 0.6) is 0 Å².